The molecule has 20 heavy (non-hydrogen) atoms. The number of benzene rings is 1. The molecule has 0 aliphatic rings. The summed E-state index contributed by atoms with van der Waals surface area (Å²) in [5, 5.41) is 4.03. The molecule has 2 rings (SSSR count). The Kier molecular flexibility index (Phi) is 4.26. The van der Waals surface area contributed by atoms with Crippen molar-refractivity contribution in [1.82, 2.24) is 9.78 Å². The lowest BCUT2D eigenvalue weighted by molar-refractivity contribution is 0.597. The van der Waals surface area contributed by atoms with Gasteiger partial charge in [-0.05, 0) is 18.2 Å². The number of hydrogen-bond donors (Lipinski definition) is 2. The maximum atomic E-state index is 13.6. The predicted molar refractivity (Wildman–Crippen MR) is 73.5 cm³/mol. The van der Waals surface area contributed by atoms with Gasteiger partial charge in [-0.1, -0.05) is 11.6 Å². The Balaban J connectivity index is 2.26. The smallest absolute Gasteiger partial charge is 0.265 e. The quantitative estimate of drug-likeness (QED) is 0.872. The van der Waals surface area contributed by atoms with Gasteiger partial charge < -0.3 is 5.73 Å². The van der Waals surface area contributed by atoms with Crippen LogP contribution in [0.5, 0.6) is 0 Å². The number of halogens is 2. The summed E-state index contributed by atoms with van der Waals surface area (Å²) in [7, 11) is -3.90. The van der Waals surface area contributed by atoms with Crippen molar-refractivity contribution in [2.24, 2.45) is 5.73 Å². The third kappa shape index (κ3) is 3.27. The van der Waals surface area contributed by atoms with Gasteiger partial charge >= 0.3 is 0 Å². The molecule has 0 unspecified atom stereocenters. The van der Waals surface area contributed by atoms with Gasteiger partial charge in [0.25, 0.3) is 10.0 Å². The van der Waals surface area contributed by atoms with Gasteiger partial charge in [0.15, 0.2) is 0 Å². The first-order valence-electron chi connectivity index (χ1n) is 5.63. The summed E-state index contributed by atoms with van der Waals surface area (Å²) in [5.74, 6) is -0.754. The molecule has 6 nitrogen and oxygen atoms in total. The molecule has 0 saturated heterocycles. The standard InChI is InChI=1S/C11H12ClFN4O2S/c12-8-1-2-11(10(13)5-8)16-20(18,19)9-6-15-17(7-9)4-3-14/h1-2,5-7,16H,3-4,14H2. The summed E-state index contributed by atoms with van der Waals surface area (Å²) in [4.78, 5) is -0.0692. The van der Waals surface area contributed by atoms with E-state index in [1.54, 1.807) is 0 Å². The van der Waals surface area contributed by atoms with Crippen molar-refractivity contribution >= 4 is 27.3 Å². The van der Waals surface area contributed by atoms with E-state index in [0.717, 1.165) is 6.07 Å². The molecule has 0 aliphatic carbocycles. The monoisotopic (exact) mass is 318 g/mol. The van der Waals surface area contributed by atoms with Crippen molar-refractivity contribution in [3.8, 4) is 0 Å². The SMILES string of the molecule is NCCn1cc(S(=O)(=O)Nc2ccc(Cl)cc2F)cn1. The molecule has 2 aromatic rings. The molecule has 0 aliphatic heterocycles. The molecule has 0 amide bonds. The Morgan fingerprint density at radius 1 is 1.45 bits per heavy atom. The minimum atomic E-state index is -3.90. The summed E-state index contributed by atoms with van der Waals surface area (Å²) in [6.07, 6.45) is 2.49. The van der Waals surface area contributed by atoms with E-state index in [-0.39, 0.29) is 15.6 Å². The van der Waals surface area contributed by atoms with E-state index < -0.39 is 15.8 Å². The fourth-order valence-electron chi connectivity index (χ4n) is 1.51. The number of anilines is 1. The number of rotatable bonds is 5. The van der Waals surface area contributed by atoms with Crippen LogP contribution in [-0.2, 0) is 16.6 Å². The molecular formula is C11H12ClFN4O2S. The van der Waals surface area contributed by atoms with Crippen molar-refractivity contribution in [3.63, 3.8) is 0 Å². The Morgan fingerprint density at radius 2 is 2.20 bits per heavy atom. The van der Waals surface area contributed by atoms with Gasteiger partial charge in [-0.3, -0.25) is 9.40 Å². The first kappa shape index (κ1) is 14.8. The molecule has 0 bridgehead atoms. The topological polar surface area (TPSA) is 90.0 Å². The van der Waals surface area contributed by atoms with E-state index in [4.69, 9.17) is 17.3 Å². The number of aromatic nitrogens is 2. The molecule has 9 heteroatoms. The Labute approximate surface area is 120 Å². The third-order valence-electron chi connectivity index (χ3n) is 2.45. The maximum absolute atomic E-state index is 13.6. The zero-order valence-electron chi connectivity index (χ0n) is 10.3. The lowest BCUT2D eigenvalue weighted by Gasteiger charge is -2.07. The van der Waals surface area contributed by atoms with Gasteiger partial charge in [0.2, 0.25) is 0 Å². The lowest BCUT2D eigenvalue weighted by Crippen LogP contribution is -2.14. The molecular weight excluding hydrogens is 307 g/mol. The van der Waals surface area contributed by atoms with Crippen LogP contribution < -0.4 is 10.5 Å². The Hall–Kier alpha value is -1.64. The predicted octanol–water partition coefficient (Wildman–Crippen LogP) is 1.44. The molecule has 3 N–H and O–H groups in total. The normalized spacial score (nSPS) is 11.6. The largest absolute Gasteiger partial charge is 0.329 e. The molecule has 1 aromatic heterocycles. The van der Waals surface area contributed by atoms with E-state index in [1.807, 2.05) is 0 Å². The van der Waals surface area contributed by atoms with E-state index in [9.17, 15) is 12.8 Å². The van der Waals surface area contributed by atoms with Gasteiger partial charge in [0, 0.05) is 17.8 Å². The highest BCUT2D eigenvalue weighted by Gasteiger charge is 2.18. The molecule has 0 radical (unpaired) electrons. The third-order valence-corrected chi connectivity index (χ3v) is 4.01. The van der Waals surface area contributed by atoms with Crippen molar-refractivity contribution in [2.75, 3.05) is 11.3 Å². The molecule has 108 valence electrons. The molecule has 0 saturated carbocycles. The van der Waals surface area contributed by atoms with E-state index in [2.05, 4.69) is 9.82 Å². The average molecular weight is 319 g/mol. The van der Waals surface area contributed by atoms with Gasteiger partial charge in [0.05, 0.1) is 18.4 Å². The van der Waals surface area contributed by atoms with Gasteiger partial charge in [-0.25, -0.2) is 12.8 Å². The fraction of sp³-hybridized carbons (Fsp3) is 0.182. The van der Waals surface area contributed by atoms with Crippen LogP contribution in [0.25, 0.3) is 0 Å². The molecule has 1 heterocycles. The van der Waals surface area contributed by atoms with Crippen LogP contribution in [0.3, 0.4) is 0 Å². The molecule has 0 fully saturated rings. The second-order valence-corrected chi connectivity index (χ2v) is 6.08. The first-order valence-corrected chi connectivity index (χ1v) is 7.49. The number of nitrogens with two attached hydrogens (primary N) is 1. The van der Waals surface area contributed by atoms with E-state index >= 15 is 0 Å². The zero-order valence-corrected chi connectivity index (χ0v) is 11.8. The molecule has 1 aromatic carbocycles. The highest BCUT2D eigenvalue weighted by atomic mass is 35.5. The first-order chi connectivity index (χ1) is 9.42. The van der Waals surface area contributed by atoms with E-state index in [0.29, 0.717) is 13.1 Å². The van der Waals surface area contributed by atoms with E-state index in [1.165, 1.54) is 29.2 Å². The number of sulfonamides is 1. The van der Waals surface area contributed by atoms with Crippen LogP contribution in [-0.4, -0.2) is 24.7 Å². The van der Waals surface area contributed by atoms with Crippen LogP contribution in [0.15, 0.2) is 35.5 Å². The zero-order chi connectivity index (χ0) is 14.8. The Bertz CT molecular complexity index is 717. The van der Waals surface area contributed by atoms with Gasteiger partial charge in [-0.2, -0.15) is 5.10 Å². The van der Waals surface area contributed by atoms with Crippen LogP contribution in [0.2, 0.25) is 5.02 Å². The van der Waals surface area contributed by atoms with Crippen LogP contribution >= 0.6 is 11.6 Å². The van der Waals surface area contributed by atoms with Gasteiger partial charge in [0.1, 0.15) is 10.7 Å². The minimum Gasteiger partial charge on any atom is -0.329 e. The van der Waals surface area contributed by atoms with Crippen molar-refractivity contribution in [2.45, 2.75) is 11.4 Å². The van der Waals surface area contributed by atoms with Gasteiger partial charge in [-0.15, -0.1) is 0 Å². The highest BCUT2D eigenvalue weighted by molar-refractivity contribution is 7.92. The lowest BCUT2D eigenvalue weighted by atomic mass is 10.3. The van der Waals surface area contributed by atoms with Crippen molar-refractivity contribution in [3.05, 3.63) is 41.4 Å². The molecule has 0 atom stereocenters. The van der Waals surface area contributed by atoms with Crippen LogP contribution in [0, 0.1) is 5.82 Å². The van der Waals surface area contributed by atoms with Crippen LogP contribution in [0.1, 0.15) is 0 Å². The fourth-order valence-corrected chi connectivity index (χ4v) is 2.69. The Morgan fingerprint density at radius 3 is 2.85 bits per heavy atom. The summed E-state index contributed by atoms with van der Waals surface area (Å²) < 4.78 is 41.2. The van der Waals surface area contributed by atoms with Crippen LogP contribution in [0.4, 0.5) is 10.1 Å². The van der Waals surface area contributed by atoms with Crippen molar-refractivity contribution < 1.29 is 12.8 Å². The summed E-state index contributed by atoms with van der Waals surface area (Å²) in [6.45, 7) is 0.727. The number of hydrogen-bond acceptors (Lipinski definition) is 4. The minimum absolute atomic E-state index is 0.0692. The molecule has 0 spiro atoms. The summed E-state index contributed by atoms with van der Waals surface area (Å²) >= 11 is 5.60. The van der Waals surface area contributed by atoms with Crippen molar-refractivity contribution in [1.29, 1.82) is 0 Å². The summed E-state index contributed by atoms with van der Waals surface area (Å²) in [6, 6.07) is 3.66. The summed E-state index contributed by atoms with van der Waals surface area (Å²) in [5.41, 5.74) is 5.17. The second kappa shape index (κ2) is 5.78. The second-order valence-electron chi connectivity index (χ2n) is 3.96. The average Bonchev–Trinajstić information content (AvgIpc) is 2.83. The number of nitrogens with one attached hydrogen (secondary N) is 1. The number of nitrogens with zero attached hydrogens (tertiary/aromatic N) is 2. The highest BCUT2D eigenvalue weighted by Crippen LogP contribution is 2.22. The maximum Gasteiger partial charge on any atom is 0.265 e.